The summed E-state index contributed by atoms with van der Waals surface area (Å²) < 4.78 is 0. The van der Waals surface area contributed by atoms with Crippen LogP contribution in [0.4, 0.5) is 0 Å². The Morgan fingerprint density at radius 2 is 2.20 bits per heavy atom. The number of carbonyl (C=O) groups is 1. The van der Waals surface area contributed by atoms with E-state index in [1.165, 1.54) is 5.56 Å². The molecule has 1 aromatic carbocycles. The monoisotopic (exact) mass is 276 g/mol. The first-order valence-electron chi connectivity index (χ1n) is 7.48. The Kier molecular flexibility index (Phi) is 5.56. The fourth-order valence-electron chi connectivity index (χ4n) is 2.71. The van der Waals surface area contributed by atoms with Gasteiger partial charge >= 0.3 is 0 Å². The molecule has 110 valence electrons. The molecule has 1 aliphatic rings. The third kappa shape index (κ3) is 3.38. The summed E-state index contributed by atoms with van der Waals surface area (Å²) in [4.78, 5) is 14.5. The average molecular weight is 276 g/mol. The predicted octanol–water partition coefficient (Wildman–Crippen LogP) is 1.49. The maximum Gasteiger partial charge on any atom is 0.244 e. The van der Waals surface area contributed by atoms with Crippen LogP contribution in [0.15, 0.2) is 24.3 Å². The fraction of sp³-hybridized carbons (Fsp3) is 0.562. The molecular formula is C16H24N2O2. The molecule has 1 heterocycles. The van der Waals surface area contributed by atoms with Gasteiger partial charge in [-0.2, -0.15) is 0 Å². The Morgan fingerprint density at radius 1 is 1.40 bits per heavy atom. The molecule has 4 nitrogen and oxygen atoms in total. The van der Waals surface area contributed by atoms with Crippen LogP contribution in [0.1, 0.15) is 36.9 Å². The molecule has 2 rings (SSSR count). The predicted molar refractivity (Wildman–Crippen MR) is 79.5 cm³/mol. The van der Waals surface area contributed by atoms with Crippen molar-refractivity contribution in [3.8, 4) is 0 Å². The van der Waals surface area contributed by atoms with E-state index in [0.29, 0.717) is 6.54 Å². The Morgan fingerprint density at radius 3 is 2.95 bits per heavy atom. The summed E-state index contributed by atoms with van der Waals surface area (Å²) in [6.07, 6.45) is 2.99. The summed E-state index contributed by atoms with van der Waals surface area (Å²) in [7, 11) is 0. The Hall–Kier alpha value is -1.39. The minimum Gasteiger partial charge on any atom is -0.395 e. The van der Waals surface area contributed by atoms with Crippen molar-refractivity contribution in [1.29, 1.82) is 0 Å². The summed E-state index contributed by atoms with van der Waals surface area (Å²) in [5.41, 5.74) is 2.34. The van der Waals surface area contributed by atoms with E-state index in [1.54, 1.807) is 4.90 Å². The minimum atomic E-state index is -0.261. The number of aliphatic hydroxyl groups excluding tert-OH is 1. The van der Waals surface area contributed by atoms with Gasteiger partial charge in [0.05, 0.1) is 6.61 Å². The van der Waals surface area contributed by atoms with Gasteiger partial charge < -0.3 is 15.3 Å². The number of rotatable bonds is 6. The number of hydrogen-bond acceptors (Lipinski definition) is 3. The van der Waals surface area contributed by atoms with E-state index < -0.39 is 0 Å². The number of nitrogens with one attached hydrogen (secondary N) is 1. The van der Waals surface area contributed by atoms with Crippen LogP contribution in [0, 0.1) is 0 Å². The zero-order valence-electron chi connectivity index (χ0n) is 12.1. The molecule has 1 aromatic rings. The van der Waals surface area contributed by atoms with Gasteiger partial charge in [-0.05, 0) is 24.0 Å². The van der Waals surface area contributed by atoms with E-state index in [-0.39, 0.29) is 18.6 Å². The van der Waals surface area contributed by atoms with Crippen molar-refractivity contribution in [2.75, 3.05) is 26.2 Å². The molecule has 2 N–H and O–H groups in total. The molecule has 0 aliphatic carbocycles. The molecule has 1 atom stereocenters. The first kappa shape index (κ1) is 15.0. The summed E-state index contributed by atoms with van der Waals surface area (Å²) in [5.74, 6) is 0.0830. The highest BCUT2D eigenvalue weighted by molar-refractivity contribution is 5.84. The first-order valence-corrected chi connectivity index (χ1v) is 7.48. The smallest absolute Gasteiger partial charge is 0.244 e. The minimum absolute atomic E-state index is 0.0177. The molecular weight excluding hydrogens is 252 g/mol. The number of carbonyl (C=O) groups excluding carboxylic acids is 1. The lowest BCUT2D eigenvalue weighted by Crippen LogP contribution is -2.45. The third-order valence-corrected chi connectivity index (χ3v) is 3.82. The van der Waals surface area contributed by atoms with Crippen LogP contribution in [-0.4, -0.2) is 42.2 Å². The number of hydrogen-bond donors (Lipinski definition) is 2. The molecule has 0 radical (unpaired) electrons. The second kappa shape index (κ2) is 7.41. The molecule has 0 bridgehead atoms. The second-order valence-corrected chi connectivity index (χ2v) is 5.24. The van der Waals surface area contributed by atoms with Gasteiger partial charge in [0.1, 0.15) is 6.04 Å². The van der Waals surface area contributed by atoms with Crippen LogP contribution in [0.5, 0.6) is 0 Å². The van der Waals surface area contributed by atoms with Gasteiger partial charge in [-0.3, -0.25) is 4.79 Å². The van der Waals surface area contributed by atoms with E-state index in [0.717, 1.165) is 37.9 Å². The Balaban J connectivity index is 2.15. The van der Waals surface area contributed by atoms with Crippen molar-refractivity contribution in [1.82, 2.24) is 10.2 Å². The van der Waals surface area contributed by atoms with Crippen LogP contribution in [0.2, 0.25) is 0 Å². The zero-order chi connectivity index (χ0) is 14.4. The SMILES string of the molecule is CCCCN(CCO)C(=O)C1NCCc2ccccc21. The molecule has 0 saturated heterocycles. The molecule has 1 unspecified atom stereocenters. The summed E-state index contributed by atoms with van der Waals surface area (Å²) in [6.45, 7) is 4.09. The van der Waals surface area contributed by atoms with Crippen LogP contribution < -0.4 is 5.32 Å². The maximum absolute atomic E-state index is 12.7. The number of nitrogens with zero attached hydrogens (tertiary/aromatic N) is 1. The van der Waals surface area contributed by atoms with Crippen molar-refractivity contribution in [3.63, 3.8) is 0 Å². The number of amides is 1. The Bertz CT molecular complexity index is 448. The molecule has 0 spiro atoms. The molecule has 0 saturated carbocycles. The second-order valence-electron chi connectivity index (χ2n) is 5.24. The highest BCUT2D eigenvalue weighted by atomic mass is 16.3. The number of aliphatic hydroxyl groups is 1. The van der Waals surface area contributed by atoms with Crippen LogP contribution in [-0.2, 0) is 11.2 Å². The molecule has 1 amide bonds. The van der Waals surface area contributed by atoms with Crippen LogP contribution in [0.25, 0.3) is 0 Å². The fourth-order valence-corrected chi connectivity index (χ4v) is 2.71. The van der Waals surface area contributed by atoms with Gasteiger partial charge in [0, 0.05) is 19.6 Å². The number of benzene rings is 1. The van der Waals surface area contributed by atoms with Crippen molar-refractivity contribution in [2.24, 2.45) is 0 Å². The van der Waals surface area contributed by atoms with Gasteiger partial charge in [-0.15, -0.1) is 0 Å². The average Bonchev–Trinajstić information content (AvgIpc) is 2.50. The van der Waals surface area contributed by atoms with Crippen LogP contribution in [0.3, 0.4) is 0 Å². The lowest BCUT2D eigenvalue weighted by molar-refractivity contribution is -0.134. The van der Waals surface area contributed by atoms with Crippen molar-refractivity contribution >= 4 is 5.91 Å². The van der Waals surface area contributed by atoms with Crippen molar-refractivity contribution in [2.45, 2.75) is 32.2 Å². The standard InChI is InChI=1S/C16H24N2O2/c1-2-3-10-18(11-12-19)16(20)15-14-7-5-4-6-13(14)8-9-17-15/h4-7,15,17,19H,2-3,8-12H2,1H3. The maximum atomic E-state index is 12.7. The summed E-state index contributed by atoms with van der Waals surface area (Å²) in [6, 6.07) is 7.87. The summed E-state index contributed by atoms with van der Waals surface area (Å²) >= 11 is 0. The van der Waals surface area contributed by atoms with Gasteiger partial charge in [0.15, 0.2) is 0 Å². The Labute approximate surface area is 120 Å². The van der Waals surface area contributed by atoms with Crippen molar-refractivity contribution < 1.29 is 9.90 Å². The highest BCUT2D eigenvalue weighted by Gasteiger charge is 2.28. The topological polar surface area (TPSA) is 52.6 Å². The highest BCUT2D eigenvalue weighted by Crippen LogP contribution is 2.24. The van der Waals surface area contributed by atoms with E-state index in [9.17, 15) is 4.79 Å². The van der Waals surface area contributed by atoms with Crippen molar-refractivity contribution in [3.05, 3.63) is 35.4 Å². The zero-order valence-corrected chi connectivity index (χ0v) is 12.1. The van der Waals surface area contributed by atoms with Gasteiger partial charge in [0.25, 0.3) is 0 Å². The lowest BCUT2D eigenvalue weighted by atomic mass is 9.93. The largest absolute Gasteiger partial charge is 0.395 e. The molecule has 4 heteroatoms. The third-order valence-electron chi connectivity index (χ3n) is 3.82. The normalized spacial score (nSPS) is 17.6. The van der Waals surface area contributed by atoms with E-state index in [1.807, 2.05) is 18.2 Å². The molecule has 20 heavy (non-hydrogen) atoms. The van der Waals surface area contributed by atoms with Gasteiger partial charge in [0.2, 0.25) is 5.91 Å². The summed E-state index contributed by atoms with van der Waals surface area (Å²) in [5, 5.41) is 12.5. The lowest BCUT2D eigenvalue weighted by Gasteiger charge is -2.31. The van der Waals surface area contributed by atoms with E-state index >= 15 is 0 Å². The molecule has 1 aliphatic heterocycles. The molecule has 0 fully saturated rings. The molecule has 0 aromatic heterocycles. The first-order chi connectivity index (χ1) is 9.77. The number of fused-ring (bicyclic) bond motifs is 1. The quantitative estimate of drug-likeness (QED) is 0.828. The van der Waals surface area contributed by atoms with E-state index in [4.69, 9.17) is 5.11 Å². The van der Waals surface area contributed by atoms with Gasteiger partial charge in [-0.25, -0.2) is 0 Å². The number of unbranched alkanes of at least 4 members (excludes halogenated alkanes) is 1. The van der Waals surface area contributed by atoms with Gasteiger partial charge in [-0.1, -0.05) is 37.6 Å². The van der Waals surface area contributed by atoms with E-state index in [2.05, 4.69) is 18.3 Å². The van der Waals surface area contributed by atoms with Crippen LogP contribution >= 0.6 is 0 Å².